The summed E-state index contributed by atoms with van der Waals surface area (Å²) in [4.78, 5) is 25.0. The summed E-state index contributed by atoms with van der Waals surface area (Å²) in [7, 11) is 1.53. The molecule has 1 aliphatic heterocycles. The van der Waals surface area contributed by atoms with Gasteiger partial charge in [-0.3, -0.25) is 0 Å². The number of ether oxygens (including phenoxy) is 3. The van der Waals surface area contributed by atoms with Gasteiger partial charge in [-0.25, -0.2) is 9.59 Å². The quantitative estimate of drug-likeness (QED) is 0.712. The van der Waals surface area contributed by atoms with Gasteiger partial charge in [-0.2, -0.15) is 0 Å². The van der Waals surface area contributed by atoms with Crippen molar-refractivity contribution < 1.29 is 23.8 Å². The van der Waals surface area contributed by atoms with E-state index in [0.717, 1.165) is 11.1 Å². The number of alkyl carbamates (subject to hydrolysis) is 1. The number of rotatable bonds is 7. The van der Waals surface area contributed by atoms with Crippen LogP contribution in [0.25, 0.3) is 0 Å². The lowest BCUT2D eigenvalue weighted by Gasteiger charge is -2.32. The van der Waals surface area contributed by atoms with Crippen molar-refractivity contribution in [1.29, 1.82) is 0 Å². The van der Waals surface area contributed by atoms with Gasteiger partial charge in [-0.1, -0.05) is 56.3 Å². The molecule has 6 heteroatoms. The van der Waals surface area contributed by atoms with E-state index >= 15 is 0 Å². The molecule has 0 radical (unpaired) electrons. The van der Waals surface area contributed by atoms with Gasteiger partial charge in [0.2, 0.25) is 0 Å². The number of hydrogen-bond acceptors (Lipinski definition) is 5. The Balaban J connectivity index is 1.70. The zero-order valence-corrected chi connectivity index (χ0v) is 17.0. The van der Waals surface area contributed by atoms with E-state index in [1.54, 1.807) is 6.07 Å². The molecule has 2 aromatic rings. The maximum atomic E-state index is 12.6. The molecular weight excluding hydrogens is 370 g/mol. The van der Waals surface area contributed by atoms with E-state index in [-0.39, 0.29) is 12.6 Å². The van der Waals surface area contributed by atoms with Crippen LogP contribution in [0, 0.1) is 5.92 Å². The molecule has 0 saturated heterocycles. The predicted octanol–water partition coefficient (Wildman–Crippen LogP) is 4.12. The Morgan fingerprint density at radius 3 is 2.62 bits per heavy atom. The molecule has 0 saturated carbocycles. The van der Waals surface area contributed by atoms with E-state index in [9.17, 15) is 9.59 Å². The number of carbonyl (C=O) groups excluding carboxylic acids is 2. The molecule has 0 unspecified atom stereocenters. The fraction of sp³-hybridized carbons (Fsp3) is 0.391. The van der Waals surface area contributed by atoms with Crippen molar-refractivity contribution in [2.45, 2.75) is 45.4 Å². The fourth-order valence-corrected chi connectivity index (χ4v) is 3.56. The van der Waals surface area contributed by atoms with Crippen LogP contribution in [0.2, 0.25) is 0 Å². The lowest BCUT2D eigenvalue weighted by atomic mass is 9.90. The standard InChI is InChI=1S/C23H27NO5/c1-15(2)12-18(24-23(26)28-14-16-8-5-4-6-9-16)20-13-17-10-7-11-19(27-3)21(17)22(25)29-20/h4-11,15,18,20H,12-14H2,1-3H3,(H,24,26)/t18-,20+/m0/s1. The monoisotopic (exact) mass is 397 g/mol. The molecule has 2 aromatic carbocycles. The number of esters is 1. The van der Waals surface area contributed by atoms with Crippen molar-refractivity contribution in [3.8, 4) is 5.75 Å². The summed E-state index contributed by atoms with van der Waals surface area (Å²) in [5, 5.41) is 2.90. The smallest absolute Gasteiger partial charge is 0.407 e. The Morgan fingerprint density at radius 1 is 1.17 bits per heavy atom. The molecule has 1 aliphatic rings. The first-order chi connectivity index (χ1) is 14.0. The second kappa shape index (κ2) is 9.45. The SMILES string of the molecule is COc1cccc2c1C(=O)O[C@@H]([C@H](CC(C)C)NC(=O)OCc1ccccc1)C2. The van der Waals surface area contributed by atoms with Crippen LogP contribution in [-0.4, -0.2) is 31.3 Å². The van der Waals surface area contributed by atoms with Crippen LogP contribution < -0.4 is 10.1 Å². The molecule has 0 spiro atoms. The van der Waals surface area contributed by atoms with Crippen LogP contribution in [0.15, 0.2) is 48.5 Å². The summed E-state index contributed by atoms with van der Waals surface area (Å²) >= 11 is 0. The van der Waals surface area contributed by atoms with Crippen molar-refractivity contribution >= 4 is 12.1 Å². The van der Waals surface area contributed by atoms with Gasteiger partial charge in [-0.05, 0) is 29.5 Å². The Kier molecular flexibility index (Phi) is 6.75. The van der Waals surface area contributed by atoms with Crippen LogP contribution in [0.3, 0.4) is 0 Å². The highest BCUT2D eigenvalue weighted by Crippen LogP contribution is 2.30. The highest BCUT2D eigenvalue weighted by atomic mass is 16.6. The van der Waals surface area contributed by atoms with E-state index in [4.69, 9.17) is 14.2 Å². The minimum atomic E-state index is -0.521. The molecule has 2 atom stereocenters. The first-order valence-corrected chi connectivity index (χ1v) is 9.82. The van der Waals surface area contributed by atoms with Gasteiger partial charge in [0.15, 0.2) is 0 Å². The molecule has 6 nitrogen and oxygen atoms in total. The highest BCUT2D eigenvalue weighted by molar-refractivity contribution is 5.95. The molecule has 1 N–H and O–H groups in total. The third-order valence-electron chi connectivity index (χ3n) is 4.91. The minimum Gasteiger partial charge on any atom is -0.496 e. The second-order valence-corrected chi connectivity index (χ2v) is 7.58. The zero-order valence-electron chi connectivity index (χ0n) is 17.0. The summed E-state index contributed by atoms with van der Waals surface area (Å²) in [5.41, 5.74) is 2.23. The Bertz CT molecular complexity index is 850. The van der Waals surface area contributed by atoms with Crippen molar-refractivity contribution in [3.63, 3.8) is 0 Å². The van der Waals surface area contributed by atoms with Crippen LogP contribution >= 0.6 is 0 Å². The van der Waals surface area contributed by atoms with E-state index < -0.39 is 18.2 Å². The predicted molar refractivity (Wildman–Crippen MR) is 109 cm³/mol. The first-order valence-electron chi connectivity index (χ1n) is 9.82. The van der Waals surface area contributed by atoms with Crippen molar-refractivity contribution in [2.24, 2.45) is 5.92 Å². The molecule has 0 fully saturated rings. The Labute approximate surface area is 171 Å². The maximum absolute atomic E-state index is 12.6. The molecule has 0 aromatic heterocycles. The van der Waals surface area contributed by atoms with Gasteiger partial charge in [0.05, 0.1) is 13.2 Å². The molecule has 3 rings (SSSR count). The average Bonchev–Trinajstić information content (AvgIpc) is 2.71. The van der Waals surface area contributed by atoms with Gasteiger partial charge in [0.25, 0.3) is 0 Å². The molecule has 1 amide bonds. The van der Waals surface area contributed by atoms with Crippen molar-refractivity contribution in [2.75, 3.05) is 7.11 Å². The van der Waals surface area contributed by atoms with E-state index in [1.807, 2.05) is 42.5 Å². The number of methoxy groups -OCH3 is 1. The van der Waals surface area contributed by atoms with Gasteiger partial charge < -0.3 is 19.5 Å². The summed E-state index contributed by atoms with van der Waals surface area (Å²) in [6.45, 7) is 4.31. The Hall–Kier alpha value is -3.02. The van der Waals surface area contributed by atoms with Crippen LogP contribution in [0.1, 0.15) is 41.8 Å². The number of amides is 1. The lowest BCUT2D eigenvalue weighted by molar-refractivity contribution is 0.0118. The lowest BCUT2D eigenvalue weighted by Crippen LogP contribution is -2.48. The average molecular weight is 397 g/mol. The topological polar surface area (TPSA) is 73.9 Å². The van der Waals surface area contributed by atoms with Crippen LogP contribution in [0.4, 0.5) is 4.79 Å². The Morgan fingerprint density at radius 2 is 1.93 bits per heavy atom. The summed E-state index contributed by atoms with van der Waals surface area (Å²) in [5.74, 6) is 0.378. The number of carbonyl (C=O) groups is 2. The normalized spacial score (nSPS) is 16.6. The number of benzene rings is 2. The summed E-state index contributed by atoms with van der Waals surface area (Å²) in [6, 6.07) is 14.6. The molecule has 0 bridgehead atoms. The minimum absolute atomic E-state index is 0.186. The first kappa shape index (κ1) is 20.7. The van der Waals surface area contributed by atoms with E-state index in [0.29, 0.717) is 30.1 Å². The van der Waals surface area contributed by atoms with Gasteiger partial charge in [-0.15, -0.1) is 0 Å². The van der Waals surface area contributed by atoms with Gasteiger partial charge in [0, 0.05) is 6.42 Å². The molecule has 29 heavy (non-hydrogen) atoms. The van der Waals surface area contributed by atoms with Crippen LogP contribution in [0.5, 0.6) is 5.75 Å². The number of fused-ring (bicyclic) bond motifs is 1. The third kappa shape index (κ3) is 5.28. The van der Waals surface area contributed by atoms with Gasteiger partial charge >= 0.3 is 12.1 Å². The zero-order chi connectivity index (χ0) is 20.8. The third-order valence-corrected chi connectivity index (χ3v) is 4.91. The van der Waals surface area contributed by atoms with Crippen molar-refractivity contribution in [1.82, 2.24) is 5.32 Å². The molecule has 1 heterocycles. The van der Waals surface area contributed by atoms with E-state index in [1.165, 1.54) is 7.11 Å². The van der Waals surface area contributed by atoms with Crippen molar-refractivity contribution in [3.05, 3.63) is 65.2 Å². The number of hydrogen-bond donors (Lipinski definition) is 1. The van der Waals surface area contributed by atoms with Crippen LogP contribution in [-0.2, 0) is 22.5 Å². The highest BCUT2D eigenvalue weighted by Gasteiger charge is 2.35. The van der Waals surface area contributed by atoms with E-state index in [2.05, 4.69) is 19.2 Å². The second-order valence-electron chi connectivity index (χ2n) is 7.58. The number of nitrogens with one attached hydrogen (secondary N) is 1. The summed E-state index contributed by atoms with van der Waals surface area (Å²) < 4.78 is 16.3. The fourth-order valence-electron chi connectivity index (χ4n) is 3.56. The largest absolute Gasteiger partial charge is 0.496 e. The maximum Gasteiger partial charge on any atom is 0.407 e. The number of cyclic esters (lactones) is 1. The molecule has 154 valence electrons. The molecular formula is C23H27NO5. The summed E-state index contributed by atoms with van der Waals surface area (Å²) in [6.07, 6.45) is 0.188. The molecule has 0 aliphatic carbocycles. The van der Waals surface area contributed by atoms with Gasteiger partial charge in [0.1, 0.15) is 24.0 Å².